The van der Waals surface area contributed by atoms with Crippen LogP contribution in [0.25, 0.3) is 0 Å². The highest BCUT2D eigenvalue weighted by Gasteiger charge is 2.19. The fourth-order valence-electron chi connectivity index (χ4n) is 2.32. The molecule has 124 valence electrons. The number of thioether (sulfide) groups is 1. The van der Waals surface area contributed by atoms with Crippen LogP contribution in [0.1, 0.15) is 23.2 Å². The second kappa shape index (κ2) is 7.93. The zero-order valence-corrected chi connectivity index (χ0v) is 13.2. The fourth-order valence-corrected chi connectivity index (χ4v) is 3.14. The van der Waals surface area contributed by atoms with Gasteiger partial charge >= 0.3 is 0 Å². The third-order valence-electron chi connectivity index (χ3n) is 3.46. The van der Waals surface area contributed by atoms with E-state index in [1.54, 1.807) is 0 Å². The van der Waals surface area contributed by atoms with Gasteiger partial charge in [0, 0.05) is 24.2 Å². The van der Waals surface area contributed by atoms with Gasteiger partial charge in [-0.1, -0.05) is 0 Å². The van der Waals surface area contributed by atoms with Crippen molar-refractivity contribution in [3.05, 3.63) is 33.9 Å². The Kier molecular flexibility index (Phi) is 5.94. The molecule has 1 saturated heterocycles. The van der Waals surface area contributed by atoms with E-state index < -0.39 is 10.8 Å². The number of benzene rings is 1. The zero-order chi connectivity index (χ0) is 16.8. The number of carbonyl (C=O) groups excluding carboxylic acids is 2. The Bertz CT molecular complexity index is 617. The maximum atomic E-state index is 11.9. The molecule has 1 aliphatic heterocycles. The van der Waals surface area contributed by atoms with Gasteiger partial charge in [0.25, 0.3) is 5.69 Å². The van der Waals surface area contributed by atoms with Crippen molar-refractivity contribution in [1.82, 2.24) is 10.6 Å². The van der Waals surface area contributed by atoms with Gasteiger partial charge in [-0.15, -0.1) is 11.8 Å². The van der Waals surface area contributed by atoms with Gasteiger partial charge in [-0.25, -0.2) is 0 Å². The summed E-state index contributed by atoms with van der Waals surface area (Å²) in [6.45, 7) is 1.70. The second-order valence-corrected chi connectivity index (χ2v) is 6.22. The predicted molar refractivity (Wildman–Crippen MR) is 86.4 cm³/mol. The van der Waals surface area contributed by atoms with Crippen molar-refractivity contribution in [1.29, 1.82) is 0 Å². The van der Waals surface area contributed by atoms with Crippen LogP contribution >= 0.6 is 11.8 Å². The van der Waals surface area contributed by atoms with Crippen molar-refractivity contribution in [3.63, 3.8) is 0 Å². The Hall–Kier alpha value is -2.13. The van der Waals surface area contributed by atoms with Gasteiger partial charge in [0.05, 0.1) is 15.6 Å². The molecule has 0 aromatic heterocycles. The van der Waals surface area contributed by atoms with Crippen LogP contribution in [-0.4, -0.2) is 41.6 Å². The number of amides is 2. The van der Waals surface area contributed by atoms with E-state index in [2.05, 4.69) is 10.6 Å². The maximum absolute atomic E-state index is 11.9. The van der Waals surface area contributed by atoms with Gasteiger partial charge in [-0.2, -0.15) is 0 Å². The molecule has 9 heteroatoms. The molecule has 2 rings (SSSR count). The number of rotatable bonds is 6. The highest BCUT2D eigenvalue weighted by Crippen LogP contribution is 2.30. The highest BCUT2D eigenvalue weighted by molar-refractivity contribution is 8.00. The van der Waals surface area contributed by atoms with E-state index in [1.165, 1.54) is 12.1 Å². The number of nitrogens with zero attached hydrogens (tertiary/aromatic N) is 1. The minimum absolute atomic E-state index is 0.0683. The SMILES string of the molecule is NC(=O)c1ccc(SCC(=O)NC2CCCNC2)c([N+](=O)[O-])c1. The molecule has 0 saturated carbocycles. The standard InChI is InChI=1S/C14H18N4O4S/c15-14(20)9-3-4-12(11(6-9)18(21)22)23-8-13(19)17-10-2-1-5-16-7-10/h3-4,6,10,16H,1-2,5,7-8H2,(H2,15,20)(H,17,19). The number of nitro benzene ring substituents is 1. The second-order valence-electron chi connectivity index (χ2n) is 5.20. The Labute approximate surface area is 137 Å². The summed E-state index contributed by atoms with van der Waals surface area (Å²) >= 11 is 1.07. The van der Waals surface area contributed by atoms with Crippen molar-refractivity contribution < 1.29 is 14.5 Å². The smallest absolute Gasteiger partial charge is 0.283 e. The predicted octanol–water partition coefficient (Wildman–Crippen LogP) is 0.654. The van der Waals surface area contributed by atoms with Crippen molar-refractivity contribution in [2.45, 2.75) is 23.8 Å². The van der Waals surface area contributed by atoms with E-state index in [-0.39, 0.29) is 29.0 Å². The van der Waals surface area contributed by atoms with Crippen LogP contribution < -0.4 is 16.4 Å². The molecule has 1 atom stereocenters. The fraction of sp³-hybridized carbons (Fsp3) is 0.429. The summed E-state index contributed by atoms with van der Waals surface area (Å²) in [5.41, 5.74) is 4.97. The molecule has 0 bridgehead atoms. The molecule has 1 heterocycles. The molecule has 1 fully saturated rings. The first-order valence-corrected chi connectivity index (χ1v) is 8.17. The molecule has 0 spiro atoms. The van der Waals surface area contributed by atoms with Crippen molar-refractivity contribution in [3.8, 4) is 0 Å². The topological polar surface area (TPSA) is 127 Å². The number of primary amides is 1. The number of hydrogen-bond donors (Lipinski definition) is 3. The lowest BCUT2D eigenvalue weighted by atomic mass is 10.1. The Morgan fingerprint density at radius 2 is 2.26 bits per heavy atom. The van der Waals surface area contributed by atoms with Gasteiger partial charge in [0.15, 0.2) is 0 Å². The number of nitrogens with one attached hydrogen (secondary N) is 2. The lowest BCUT2D eigenvalue weighted by molar-refractivity contribution is -0.387. The van der Waals surface area contributed by atoms with Gasteiger partial charge in [0.1, 0.15) is 0 Å². The summed E-state index contributed by atoms with van der Waals surface area (Å²) in [4.78, 5) is 33.9. The van der Waals surface area contributed by atoms with Crippen LogP contribution in [0.4, 0.5) is 5.69 Å². The summed E-state index contributed by atoms with van der Waals surface area (Å²) in [5, 5.41) is 17.2. The highest BCUT2D eigenvalue weighted by atomic mass is 32.2. The average Bonchev–Trinajstić information content (AvgIpc) is 2.53. The molecule has 1 aromatic carbocycles. The van der Waals surface area contributed by atoms with Crippen LogP contribution in [0.5, 0.6) is 0 Å². The van der Waals surface area contributed by atoms with Crippen LogP contribution in [0.2, 0.25) is 0 Å². The summed E-state index contributed by atoms with van der Waals surface area (Å²) in [7, 11) is 0. The van der Waals surface area contributed by atoms with Gasteiger partial charge < -0.3 is 16.4 Å². The third kappa shape index (κ3) is 4.93. The minimum Gasteiger partial charge on any atom is -0.366 e. The summed E-state index contributed by atoms with van der Waals surface area (Å²) in [6, 6.07) is 4.09. The monoisotopic (exact) mass is 338 g/mol. The van der Waals surface area contributed by atoms with E-state index in [1.807, 2.05) is 0 Å². The van der Waals surface area contributed by atoms with Crippen molar-refractivity contribution in [2.75, 3.05) is 18.8 Å². The summed E-state index contributed by atoms with van der Waals surface area (Å²) < 4.78 is 0. The number of piperidine rings is 1. The molecule has 0 radical (unpaired) electrons. The molecular formula is C14H18N4O4S. The number of nitro groups is 1. The first kappa shape index (κ1) is 17.2. The molecule has 1 unspecified atom stereocenters. The normalized spacial score (nSPS) is 17.5. The maximum Gasteiger partial charge on any atom is 0.283 e. The molecule has 2 amide bonds. The van der Waals surface area contributed by atoms with Crippen LogP contribution in [-0.2, 0) is 4.79 Å². The summed E-state index contributed by atoms with van der Waals surface area (Å²) in [6.07, 6.45) is 1.94. The Morgan fingerprint density at radius 3 is 2.87 bits per heavy atom. The molecule has 1 aliphatic rings. The van der Waals surface area contributed by atoms with Crippen LogP contribution in [0.15, 0.2) is 23.1 Å². The quantitative estimate of drug-likeness (QED) is 0.397. The van der Waals surface area contributed by atoms with E-state index >= 15 is 0 Å². The number of carbonyl (C=O) groups is 2. The molecular weight excluding hydrogens is 320 g/mol. The Morgan fingerprint density at radius 1 is 1.48 bits per heavy atom. The lowest BCUT2D eigenvalue weighted by Gasteiger charge is -2.23. The van der Waals surface area contributed by atoms with E-state index in [9.17, 15) is 19.7 Å². The average molecular weight is 338 g/mol. The molecule has 23 heavy (non-hydrogen) atoms. The van der Waals surface area contributed by atoms with Crippen LogP contribution in [0.3, 0.4) is 0 Å². The molecule has 8 nitrogen and oxygen atoms in total. The molecule has 1 aromatic rings. The third-order valence-corrected chi connectivity index (χ3v) is 4.52. The van der Waals surface area contributed by atoms with Crippen molar-refractivity contribution in [2.24, 2.45) is 5.73 Å². The number of hydrogen-bond acceptors (Lipinski definition) is 6. The largest absolute Gasteiger partial charge is 0.366 e. The van der Waals surface area contributed by atoms with E-state index in [4.69, 9.17) is 5.73 Å². The van der Waals surface area contributed by atoms with E-state index in [0.29, 0.717) is 4.90 Å². The first-order chi connectivity index (χ1) is 11.0. The minimum atomic E-state index is -0.729. The van der Waals surface area contributed by atoms with Gasteiger partial charge in [-0.05, 0) is 31.5 Å². The number of nitrogens with two attached hydrogens (primary N) is 1. The van der Waals surface area contributed by atoms with Gasteiger partial charge in [0.2, 0.25) is 11.8 Å². The molecule has 4 N–H and O–H groups in total. The van der Waals surface area contributed by atoms with Gasteiger partial charge in [-0.3, -0.25) is 19.7 Å². The van der Waals surface area contributed by atoms with Crippen LogP contribution in [0, 0.1) is 10.1 Å². The summed E-state index contributed by atoms with van der Waals surface area (Å²) in [5.74, 6) is -0.822. The zero-order valence-electron chi connectivity index (χ0n) is 12.4. The van der Waals surface area contributed by atoms with Crippen molar-refractivity contribution >= 4 is 29.3 Å². The molecule has 0 aliphatic carbocycles. The lowest BCUT2D eigenvalue weighted by Crippen LogP contribution is -2.46. The van der Waals surface area contributed by atoms with E-state index in [0.717, 1.165) is 43.8 Å². The Balaban J connectivity index is 1.97. The first-order valence-electron chi connectivity index (χ1n) is 7.18.